The fraction of sp³-hybridized carbons (Fsp3) is 0. The number of benzene rings is 2. The molecule has 0 saturated carbocycles. The summed E-state index contributed by atoms with van der Waals surface area (Å²) in [6, 6.07) is 8.52. The van der Waals surface area contributed by atoms with Crippen LogP contribution < -0.4 is 5.73 Å². The summed E-state index contributed by atoms with van der Waals surface area (Å²) in [4.78, 5) is 4.42. The van der Waals surface area contributed by atoms with Crippen LogP contribution in [0.3, 0.4) is 0 Å². The van der Waals surface area contributed by atoms with E-state index in [2.05, 4.69) is 4.98 Å². The molecular weight excluding hydrogens is 270 g/mol. The molecule has 96 valence electrons. The Kier molecular flexibility index (Phi) is 2.87. The van der Waals surface area contributed by atoms with E-state index < -0.39 is 11.6 Å². The van der Waals surface area contributed by atoms with Crippen molar-refractivity contribution in [2.24, 2.45) is 0 Å². The van der Waals surface area contributed by atoms with Crippen LogP contribution in [-0.4, -0.2) is 4.98 Å². The van der Waals surface area contributed by atoms with Crippen LogP contribution in [0.1, 0.15) is 0 Å². The Morgan fingerprint density at radius 1 is 1.16 bits per heavy atom. The monoisotopic (exact) mass is 278 g/mol. The van der Waals surface area contributed by atoms with E-state index >= 15 is 0 Å². The third-order valence-corrected chi connectivity index (χ3v) is 3.42. The Bertz CT molecular complexity index is 757. The molecule has 1 heterocycles. The molecule has 0 aliphatic rings. The van der Waals surface area contributed by atoms with Crippen LogP contribution in [0.15, 0.2) is 50.9 Å². The molecule has 6 heteroatoms. The van der Waals surface area contributed by atoms with Crippen molar-refractivity contribution in [3.63, 3.8) is 0 Å². The third kappa shape index (κ3) is 2.26. The highest BCUT2D eigenvalue weighted by molar-refractivity contribution is 7.99. The average Bonchev–Trinajstić information content (AvgIpc) is 2.77. The number of aromatic nitrogens is 1. The van der Waals surface area contributed by atoms with Crippen molar-refractivity contribution in [1.29, 1.82) is 0 Å². The van der Waals surface area contributed by atoms with E-state index in [0.29, 0.717) is 16.8 Å². The fourth-order valence-electron chi connectivity index (χ4n) is 1.65. The van der Waals surface area contributed by atoms with Gasteiger partial charge in [0.15, 0.2) is 5.58 Å². The van der Waals surface area contributed by atoms with Crippen molar-refractivity contribution in [1.82, 2.24) is 4.98 Å². The van der Waals surface area contributed by atoms with Crippen LogP contribution in [0.25, 0.3) is 11.1 Å². The summed E-state index contributed by atoms with van der Waals surface area (Å²) in [6.45, 7) is 0. The van der Waals surface area contributed by atoms with E-state index in [9.17, 15) is 8.78 Å². The van der Waals surface area contributed by atoms with Crippen LogP contribution in [0, 0.1) is 11.6 Å². The molecule has 0 amide bonds. The zero-order valence-corrected chi connectivity index (χ0v) is 10.4. The van der Waals surface area contributed by atoms with Gasteiger partial charge in [0.1, 0.15) is 17.2 Å². The predicted octanol–water partition coefficient (Wildman–Crippen LogP) is 3.84. The average molecular weight is 278 g/mol. The zero-order valence-electron chi connectivity index (χ0n) is 9.56. The number of hydrogen-bond donors (Lipinski definition) is 1. The van der Waals surface area contributed by atoms with E-state index in [4.69, 9.17) is 10.2 Å². The van der Waals surface area contributed by atoms with Crippen LogP contribution in [0.4, 0.5) is 14.5 Å². The standard InChI is InChI=1S/C13H8F2N2OS/c14-7-4-5-11(8(15)6-7)19-13-17-12-9(16)2-1-3-10(12)18-13/h1-6H,16H2. The first-order valence-electron chi connectivity index (χ1n) is 5.41. The van der Waals surface area contributed by atoms with E-state index in [1.165, 1.54) is 12.1 Å². The molecule has 0 saturated heterocycles. The quantitative estimate of drug-likeness (QED) is 0.724. The lowest BCUT2D eigenvalue weighted by atomic mass is 10.3. The number of nitrogens with zero attached hydrogens (tertiary/aromatic N) is 1. The van der Waals surface area contributed by atoms with Gasteiger partial charge < -0.3 is 10.2 Å². The van der Waals surface area contributed by atoms with Crippen LogP contribution in [0.5, 0.6) is 0 Å². The highest BCUT2D eigenvalue weighted by atomic mass is 32.2. The van der Waals surface area contributed by atoms with E-state index in [0.717, 1.165) is 17.8 Å². The number of rotatable bonds is 2. The summed E-state index contributed by atoms with van der Waals surface area (Å²) in [7, 11) is 0. The molecule has 1 aromatic heterocycles. The second-order valence-corrected chi connectivity index (χ2v) is 4.84. The largest absolute Gasteiger partial charge is 0.431 e. The van der Waals surface area contributed by atoms with Gasteiger partial charge in [-0.1, -0.05) is 6.07 Å². The van der Waals surface area contributed by atoms with Gasteiger partial charge >= 0.3 is 0 Å². The SMILES string of the molecule is Nc1cccc2oc(Sc3ccc(F)cc3F)nc12. The van der Waals surface area contributed by atoms with Crippen LogP contribution in [-0.2, 0) is 0 Å². The molecule has 19 heavy (non-hydrogen) atoms. The highest BCUT2D eigenvalue weighted by Gasteiger charge is 2.12. The smallest absolute Gasteiger partial charge is 0.261 e. The highest BCUT2D eigenvalue weighted by Crippen LogP contribution is 2.33. The summed E-state index contributed by atoms with van der Waals surface area (Å²) < 4.78 is 31.8. The number of halogens is 2. The normalized spacial score (nSPS) is 11.1. The van der Waals surface area contributed by atoms with Gasteiger partial charge in [0, 0.05) is 6.07 Å². The minimum absolute atomic E-state index is 0.242. The maximum absolute atomic E-state index is 13.5. The lowest BCUT2D eigenvalue weighted by Crippen LogP contribution is -1.85. The lowest BCUT2D eigenvalue weighted by molar-refractivity contribution is 0.488. The molecule has 0 aliphatic carbocycles. The molecule has 2 N–H and O–H groups in total. The van der Waals surface area contributed by atoms with Gasteiger partial charge in [0.25, 0.3) is 5.22 Å². The lowest BCUT2D eigenvalue weighted by Gasteiger charge is -1.98. The summed E-state index contributed by atoms with van der Waals surface area (Å²) in [5.74, 6) is -1.27. The van der Waals surface area contributed by atoms with Gasteiger partial charge in [-0.25, -0.2) is 13.8 Å². The molecular formula is C13H8F2N2OS. The van der Waals surface area contributed by atoms with Crippen molar-refractivity contribution in [3.8, 4) is 0 Å². The van der Waals surface area contributed by atoms with E-state index in [1.807, 2.05) is 0 Å². The first-order valence-corrected chi connectivity index (χ1v) is 6.23. The van der Waals surface area contributed by atoms with Gasteiger partial charge in [-0.3, -0.25) is 0 Å². The summed E-state index contributed by atoms with van der Waals surface area (Å²) in [5.41, 5.74) is 7.32. The zero-order chi connectivity index (χ0) is 13.4. The Morgan fingerprint density at radius 2 is 2.00 bits per heavy atom. The minimum Gasteiger partial charge on any atom is -0.431 e. The molecule has 0 spiro atoms. The summed E-state index contributed by atoms with van der Waals surface area (Å²) in [5, 5.41) is 0.262. The van der Waals surface area contributed by atoms with E-state index in [1.54, 1.807) is 18.2 Å². The number of para-hydroxylation sites is 1. The molecule has 0 unspecified atom stereocenters. The van der Waals surface area contributed by atoms with Crippen LogP contribution >= 0.6 is 11.8 Å². The molecule has 0 aliphatic heterocycles. The second-order valence-electron chi connectivity index (χ2n) is 3.85. The molecule has 0 radical (unpaired) electrons. The first-order chi connectivity index (χ1) is 9.13. The maximum atomic E-state index is 13.5. The second kappa shape index (κ2) is 4.55. The molecule has 2 aromatic carbocycles. The van der Waals surface area contributed by atoms with Crippen LogP contribution in [0.2, 0.25) is 0 Å². The number of oxazole rings is 1. The molecule has 3 nitrogen and oxygen atoms in total. The number of nitrogen functional groups attached to an aromatic ring is 1. The number of hydrogen-bond acceptors (Lipinski definition) is 4. The van der Waals surface area contributed by atoms with Crippen molar-refractivity contribution in [2.75, 3.05) is 5.73 Å². The minimum atomic E-state index is -0.653. The van der Waals surface area contributed by atoms with E-state index in [-0.39, 0.29) is 10.1 Å². The summed E-state index contributed by atoms with van der Waals surface area (Å²) in [6.07, 6.45) is 0. The molecule has 0 fully saturated rings. The predicted molar refractivity (Wildman–Crippen MR) is 68.9 cm³/mol. The number of anilines is 1. The fourth-order valence-corrected chi connectivity index (χ4v) is 2.39. The van der Waals surface area contributed by atoms with Gasteiger partial charge in [0.2, 0.25) is 0 Å². The molecule has 3 rings (SSSR count). The van der Waals surface area contributed by atoms with Gasteiger partial charge in [-0.2, -0.15) is 0 Å². The first kappa shape index (κ1) is 12.0. The Balaban J connectivity index is 1.99. The molecule has 0 atom stereocenters. The topological polar surface area (TPSA) is 52.0 Å². The maximum Gasteiger partial charge on any atom is 0.261 e. The number of fused-ring (bicyclic) bond motifs is 1. The van der Waals surface area contributed by atoms with Gasteiger partial charge in [-0.05, 0) is 36.0 Å². The summed E-state index contributed by atoms with van der Waals surface area (Å²) >= 11 is 0.982. The Labute approximate surface area is 111 Å². The Morgan fingerprint density at radius 3 is 2.74 bits per heavy atom. The third-order valence-electron chi connectivity index (χ3n) is 2.52. The Hall–Kier alpha value is -2.08. The van der Waals surface area contributed by atoms with Crippen molar-refractivity contribution in [3.05, 3.63) is 48.0 Å². The van der Waals surface area contributed by atoms with Crippen molar-refractivity contribution < 1.29 is 13.2 Å². The van der Waals surface area contributed by atoms with Crippen molar-refractivity contribution in [2.45, 2.75) is 10.1 Å². The van der Waals surface area contributed by atoms with Crippen molar-refractivity contribution >= 4 is 28.5 Å². The van der Waals surface area contributed by atoms with Gasteiger partial charge in [-0.15, -0.1) is 0 Å². The number of nitrogens with two attached hydrogens (primary N) is 1. The van der Waals surface area contributed by atoms with Gasteiger partial charge in [0.05, 0.1) is 10.6 Å². The molecule has 0 bridgehead atoms. The molecule has 3 aromatic rings.